The molecule has 0 atom stereocenters. The molecule has 0 bridgehead atoms. The number of fused-ring (bicyclic) bond motifs is 1. The van der Waals surface area contributed by atoms with Crippen molar-refractivity contribution in [3.8, 4) is 16.9 Å². The van der Waals surface area contributed by atoms with Crippen LogP contribution in [0.25, 0.3) is 21.3 Å². The number of phenols is 1. The summed E-state index contributed by atoms with van der Waals surface area (Å²) < 4.78 is 25.5. The number of nitrogens with zero attached hydrogens (tertiary/aromatic N) is 2. The van der Waals surface area contributed by atoms with Gasteiger partial charge < -0.3 is 10.4 Å². The maximum Gasteiger partial charge on any atom is 0.178 e. The van der Waals surface area contributed by atoms with E-state index in [4.69, 9.17) is 0 Å². The number of aromatic hydroxyl groups is 1. The number of phenolic OH excluding ortho intramolecular Hbond substituents is 1. The molecule has 0 unspecified atom stereocenters. The van der Waals surface area contributed by atoms with Gasteiger partial charge in [0.1, 0.15) is 22.7 Å². The van der Waals surface area contributed by atoms with Gasteiger partial charge in [-0.1, -0.05) is 35.0 Å². The van der Waals surface area contributed by atoms with Gasteiger partial charge in [-0.15, -0.1) is 11.3 Å². The third-order valence-electron chi connectivity index (χ3n) is 4.76. The smallest absolute Gasteiger partial charge is 0.178 e. The van der Waals surface area contributed by atoms with Crippen LogP contribution in [0.2, 0.25) is 0 Å². The molecule has 2 N–H and O–H groups in total. The van der Waals surface area contributed by atoms with E-state index in [1.807, 2.05) is 31.2 Å². The number of anilines is 2. The van der Waals surface area contributed by atoms with Crippen LogP contribution in [0.4, 0.5) is 11.5 Å². The van der Waals surface area contributed by atoms with Crippen LogP contribution in [-0.2, 0) is 9.84 Å². The molecular weight excluding hydrogens is 486 g/mol. The second-order valence-electron chi connectivity index (χ2n) is 6.65. The molecule has 9 heteroatoms. The zero-order chi connectivity index (χ0) is 21.5. The van der Waals surface area contributed by atoms with E-state index in [0.29, 0.717) is 5.82 Å². The summed E-state index contributed by atoms with van der Waals surface area (Å²) >= 11 is 5.02. The van der Waals surface area contributed by atoms with E-state index in [-0.39, 0.29) is 22.1 Å². The molecule has 2 aromatic heterocycles. The quantitative estimate of drug-likeness (QED) is 0.340. The van der Waals surface area contributed by atoms with E-state index in [9.17, 15) is 13.5 Å². The van der Waals surface area contributed by atoms with Crippen LogP contribution in [0.15, 0.2) is 58.2 Å². The lowest BCUT2D eigenvalue weighted by molar-refractivity contribution is 0.477. The topological polar surface area (TPSA) is 92.2 Å². The molecule has 0 saturated heterocycles. The Balaban J connectivity index is 1.87. The standard InChI is InChI=1S/C21H18BrN3O3S2/c1-3-30(27,28)15-8-9-17(26)16(10-15)25-20-19-18(13-4-6-14(22)7-5-13)12(2)29-21(19)24-11-23-20/h4-11,26H,3H2,1-2H3,(H,23,24,25). The van der Waals surface area contributed by atoms with Gasteiger partial charge in [-0.3, -0.25) is 0 Å². The van der Waals surface area contributed by atoms with Crippen molar-refractivity contribution in [2.45, 2.75) is 18.7 Å². The Bertz CT molecular complexity index is 1350. The minimum atomic E-state index is -3.41. The fourth-order valence-corrected chi connectivity index (χ4v) is 5.39. The number of hydrogen-bond donors (Lipinski definition) is 2. The molecule has 0 saturated carbocycles. The van der Waals surface area contributed by atoms with Crippen LogP contribution >= 0.6 is 27.3 Å². The molecule has 30 heavy (non-hydrogen) atoms. The Hall–Kier alpha value is -2.49. The average molecular weight is 504 g/mol. The Labute approximate surface area is 186 Å². The molecular formula is C21H18BrN3O3S2. The first-order valence-corrected chi connectivity index (χ1v) is 12.4. The van der Waals surface area contributed by atoms with E-state index in [2.05, 4.69) is 31.2 Å². The van der Waals surface area contributed by atoms with Crippen molar-refractivity contribution < 1.29 is 13.5 Å². The van der Waals surface area contributed by atoms with Gasteiger partial charge in [0.05, 0.1) is 21.7 Å². The molecule has 4 aromatic rings. The minimum absolute atomic E-state index is 0.0214. The Kier molecular flexibility index (Phi) is 5.52. The van der Waals surface area contributed by atoms with Crippen molar-refractivity contribution in [3.05, 3.63) is 58.1 Å². The summed E-state index contributed by atoms with van der Waals surface area (Å²) in [5.74, 6) is 0.421. The van der Waals surface area contributed by atoms with Crippen molar-refractivity contribution in [1.29, 1.82) is 0 Å². The largest absolute Gasteiger partial charge is 0.506 e. The van der Waals surface area contributed by atoms with E-state index in [0.717, 1.165) is 30.7 Å². The first-order chi connectivity index (χ1) is 14.3. The summed E-state index contributed by atoms with van der Waals surface area (Å²) in [6.45, 7) is 3.61. The number of thiophene rings is 1. The van der Waals surface area contributed by atoms with Crippen LogP contribution in [0.5, 0.6) is 5.75 Å². The van der Waals surface area contributed by atoms with Gasteiger partial charge in [-0.2, -0.15) is 0 Å². The van der Waals surface area contributed by atoms with Gasteiger partial charge in [0.15, 0.2) is 9.84 Å². The van der Waals surface area contributed by atoms with E-state index in [1.54, 1.807) is 18.3 Å². The normalized spacial score (nSPS) is 11.7. The number of benzene rings is 2. The summed E-state index contributed by atoms with van der Waals surface area (Å²) in [5.41, 5.74) is 2.30. The molecule has 0 aliphatic carbocycles. The third kappa shape index (κ3) is 3.80. The van der Waals surface area contributed by atoms with Gasteiger partial charge in [-0.25, -0.2) is 18.4 Å². The minimum Gasteiger partial charge on any atom is -0.506 e. The zero-order valence-corrected chi connectivity index (χ0v) is 19.4. The number of aromatic nitrogens is 2. The number of halogens is 1. The van der Waals surface area contributed by atoms with Crippen molar-refractivity contribution in [2.75, 3.05) is 11.1 Å². The van der Waals surface area contributed by atoms with Gasteiger partial charge >= 0.3 is 0 Å². The van der Waals surface area contributed by atoms with Gasteiger partial charge in [0.25, 0.3) is 0 Å². The highest BCUT2D eigenvalue weighted by atomic mass is 79.9. The van der Waals surface area contributed by atoms with Crippen LogP contribution < -0.4 is 5.32 Å². The van der Waals surface area contributed by atoms with Crippen molar-refractivity contribution in [1.82, 2.24) is 9.97 Å². The van der Waals surface area contributed by atoms with Gasteiger partial charge in [0, 0.05) is 14.9 Å². The lowest BCUT2D eigenvalue weighted by atomic mass is 10.0. The lowest BCUT2D eigenvalue weighted by Gasteiger charge is -2.12. The van der Waals surface area contributed by atoms with Crippen LogP contribution in [-0.4, -0.2) is 29.2 Å². The average Bonchev–Trinajstić information content (AvgIpc) is 3.07. The first-order valence-electron chi connectivity index (χ1n) is 9.13. The highest BCUT2D eigenvalue weighted by Crippen LogP contribution is 2.42. The molecule has 2 aromatic carbocycles. The van der Waals surface area contributed by atoms with E-state index in [1.165, 1.54) is 24.5 Å². The summed E-state index contributed by atoms with van der Waals surface area (Å²) in [5, 5.41) is 14.3. The lowest BCUT2D eigenvalue weighted by Crippen LogP contribution is -2.04. The Morgan fingerprint density at radius 2 is 1.87 bits per heavy atom. The zero-order valence-electron chi connectivity index (χ0n) is 16.2. The molecule has 0 fully saturated rings. The number of sulfone groups is 1. The third-order valence-corrected chi connectivity index (χ3v) is 8.03. The van der Waals surface area contributed by atoms with Gasteiger partial charge in [-0.05, 0) is 42.8 Å². The number of rotatable bonds is 5. The summed E-state index contributed by atoms with van der Waals surface area (Å²) in [4.78, 5) is 10.8. The first kappa shape index (κ1) is 20.8. The van der Waals surface area contributed by atoms with Crippen LogP contribution in [0, 0.1) is 6.92 Å². The number of hydrogen-bond acceptors (Lipinski definition) is 7. The Morgan fingerprint density at radius 1 is 1.13 bits per heavy atom. The summed E-state index contributed by atoms with van der Waals surface area (Å²) in [6.07, 6.45) is 1.45. The van der Waals surface area contributed by atoms with Gasteiger partial charge in [0.2, 0.25) is 0 Å². The molecule has 4 rings (SSSR count). The molecule has 2 heterocycles. The second kappa shape index (κ2) is 7.98. The predicted molar refractivity (Wildman–Crippen MR) is 124 cm³/mol. The highest BCUT2D eigenvalue weighted by Gasteiger charge is 2.19. The van der Waals surface area contributed by atoms with Crippen molar-refractivity contribution >= 4 is 58.8 Å². The fourth-order valence-electron chi connectivity index (χ4n) is 3.21. The summed E-state index contributed by atoms with van der Waals surface area (Å²) in [6, 6.07) is 12.2. The van der Waals surface area contributed by atoms with Crippen LogP contribution in [0.3, 0.4) is 0 Å². The molecule has 0 radical (unpaired) electrons. The van der Waals surface area contributed by atoms with Crippen LogP contribution in [0.1, 0.15) is 11.8 Å². The predicted octanol–water partition coefficient (Wildman–Crippen LogP) is 5.67. The van der Waals surface area contributed by atoms with E-state index >= 15 is 0 Å². The van der Waals surface area contributed by atoms with Crippen molar-refractivity contribution in [3.63, 3.8) is 0 Å². The number of nitrogens with one attached hydrogen (secondary N) is 1. The molecule has 0 spiro atoms. The maximum absolute atomic E-state index is 12.3. The molecule has 6 nitrogen and oxygen atoms in total. The molecule has 0 amide bonds. The van der Waals surface area contributed by atoms with E-state index < -0.39 is 9.84 Å². The monoisotopic (exact) mass is 503 g/mol. The fraction of sp³-hybridized carbons (Fsp3) is 0.143. The molecule has 0 aliphatic heterocycles. The SMILES string of the molecule is CCS(=O)(=O)c1ccc(O)c(Nc2ncnc3sc(C)c(-c4ccc(Br)cc4)c23)c1. The number of aryl methyl sites for hydroxylation is 1. The highest BCUT2D eigenvalue weighted by molar-refractivity contribution is 9.10. The molecule has 154 valence electrons. The molecule has 0 aliphatic rings. The second-order valence-corrected chi connectivity index (χ2v) is 11.0. The maximum atomic E-state index is 12.3. The summed E-state index contributed by atoms with van der Waals surface area (Å²) in [7, 11) is -3.41. The van der Waals surface area contributed by atoms with Crippen molar-refractivity contribution in [2.24, 2.45) is 0 Å². The Morgan fingerprint density at radius 3 is 2.57 bits per heavy atom.